The van der Waals surface area contributed by atoms with Gasteiger partial charge in [0.2, 0.25) is 0 Å². The van der Waals surface area contributed by atoms with Gasteiger partial charge in [-0.2, -0.15) is 0 Å². The quantitative estimate of drug-likeness (QED) is 0.713. The topological polar surface area (TPSA) is 61.4 Å². The summed E-state index contributed by atoms with van der Waals surface area (Å²) in [5, 5.41) is 14.9. The molecule has 0 unspecified atom stereocenters. The minimum absolute atomic E-state index is 0.0161. The molecule has 4 nitrogen and oxygen atoms in total. The highest BCUT2D eigenvalue weighted by atomic mass is 32.2. The van der Waals surface area contributed by atoms with Gasteiger partial charge in [0.25, 0.3) is 0 Å². The van der Waals surface area contributed by atoms with E-state index < -0.39 is 0 Å². The Labute approximate surface area is 134 Å². The van der Waals surface area contributed by atoms with E-state index in [0.717, 1.165) is 16.1 Å². The monoisotopic (exact) mass is 316 g/mol. The summed E-state index contributed by atoms with van der Waals surface area (Å²) < 4.78 is 0. The lowest BCUT2D eigenvalue weighted by molar-refractivity contribution is 0.239. The first-order valence-electron chi connectivity index (χ1n) is 7.10. The largest absolute Gasteiger partial charge is 0.396 e. The molecule has 2 aromatic rings. The van der Waals surface area contributed by atoms with Gasteiger partial charge < -0.3 is 15.7 Å². The fraction of sp³-hybridized carbons (Fsp3) is 0.235. The second-order valence-electron chi connectivity index (χ2n) is 4.80. The van der Waals surface area contributed by atoms with E-state index in [2.05, 4.69) is 10.6 Å². The zero-order valence-electron chi connectivity index (χ0n) is 12.5. The van der Waals surface area contributed by atoms with E-state index in [9.17, 15) is 9.90 Å². The van der Waals surface area contributed by atoms with Crippen LogP contribution in [0.15, 0.2) is 59.5 Å². The van der Waals surface area contributed by atoms with Gasteiger partial charge in [-0.05, 0) is 42.5 Å². The summed E-state index contributed by atoms with van der Waals surface area (Å²) in [7, 11) is 0. The van der Waals surface area contributed by atoms with Crippen LogP contribution < -0.4 is 10.6 Å². The minimum Gasteiger partial charge on any atom is -0.396 e. The Morgan fingerprint density at radius 3 is 2.41 bits per heavy atom. The van der Waals surface area contributed by atoms with Crippen molar-refractivity contribution in [3.05, 3.63) is 60.2 Å². The summed E-state index contributed by atoms with van der Waals surface area (Å²) >= 11 is 1.65. The minimum atomic E-state index is -0.279. The van der Waals surface area contributed by atoms with Crippen LogP contribution in [0.25, 0.3) is 0 Å². The molecule has 0 aromatic heterocycles. The fourth-order valence-electron chi connectivity index (χ4n) is 2.14. The van der Waals surface area contributed by atoms with Crippen molar-refractivity contribution in [2.45, 2.75) is 17.4 Å². The van der Waals surface area contributed by atoms with E-state index >= 15 is 0 Å². The molecule has 1 atom stereocenters. The maximum Gasteiger partial charge on any atom is 0.319 e. The van der Waals surface area contributed by atoms with E-state index in [1.807, 2.05) is 60.9 Å². The lowest BCUT2D eigenvalue weighted by Crippen LogP contribution is -2.33. The molecule has 0 aliphatic carbocycles. The van der Waals surface area contributed by atoms with Gasteiger partial charge in [-0.3, -0.25) is 0 Å². The van der Waals surface area contributed by atoms with Crippen LogP contribution in [0.2, 0.25) is 0 Å². The van der Waals surface area contributed by atoms with Crippen LogP contribution in [-0.2, 0) is 0 Å². The number of rotatable bonds is 6. The van der Waals surface area contributed by atoms with Crippen molar-refractivity contribution in [1.29, 1.82) is 0 Å². The molecule has 2 rings (SSSR count). The second kappa shape index (κ2) is 8.46. The van der Waals surface area contributed by atoms with Crippen LogP contribution in [0.1, 0.15) is 18.0 Å². The number of nitrogens with one attached hydrogen (secondary N) is 2. The standard InChI is InChI=1S/C17H20N2O2S/c1-22-15-9-7-14(8-10-15)18-17(21)19-16(11-12-20)13-5-3-2-4-6-13/h2-10,16,20H,11-12H2,1H3,(H2,18,19,21)/t16-/m1/s1. The first kappa shape index (κ1) is 16.4. The Bertz CT molecular complexity index is 587. The summed E-state index contributed by atoms with van der Waals surface area (Å²) in [6.45, 7) is 0.0161. The van der Waals surface area contributed by atoms with Crippen molar-refractivity contribution in [3.63, 3.8) is 0 Å². The SMILES string of the molecule is CSc1ccc(NC(=O)N[C@H](CCO)c2ccccc2)cc1. The van der Waals surface area contributed by atoms with Crippen molar-refractivity contribution in [2.75, 3.05) is 18.2 Å². The summed E-state index contributed by atoms with van der Waals surface area (Å²) in [6, 6.07) is 16.8. The first-order chi connectivity index (χ1) is 10.7. The molecule has 22 heavy (non-hydrogen) atoms. The molecular weight excluding hydrogens is 296 g/mol. The molecule has 0 heterocycles. The van der Waals surface area contributed by atoms with Crippen LogP contribution in [0.4, 0.5) is 10.5 Å². The van der Waals surface area contributed by atoms with Crippen LogP contribution in [-0.4, -0.2) is 24.0 Å². The van der Waals surface area contributed by atoms with Crippen molar-refractivity contribution in [2.24, 2.45) is 0 Å². The third kappa shape index (κ3) is 4.79. The fourth-order valence-corrected chi connectivity index (χ4v) is 2.54. The van der Waals surface area contributed by atoms with Gasteiger partial charge in [0.05, 0.1) is 6.04 Å². The highest BCUT2D eigenvalue weighted by Gasteiger charge is 2.13. The average Bonchev–Trinajstić information content (AvgIpc) is 2.56. The summed E-state index contributed by atoms with van der Waals surface area (Å²) in [4.78, 5) is 13.3. The van der Waals surface area contributed by atoms with Crippen LogP contribution in [0.5, 0.6) is 0 Å². The van der Waals surface area contributed by atoms with E-state index in [0.29, 0.717) is 6.42 Å². The molecule has 0 spiro atoms. The van der Waals surface area contributed by atoms with E-state index in [1.165, 1.54) is 0 Å². The molecule has 0 aliphatic rings. The second-order valence-corrected chi connectivity index (χ2v) is 5.68. The lowest BCUT2D eigenvalue weighted by Gasteiger charge is -2.18. The zero-order valence-corrected chi connectivity index (χ0v) is 13.3. The Hall–Kier alpha value is -1.98. The molecule has 0 saturated heterocycles. The average molecular weight is 316 g/mol. The number of thioether (sulfide) groups is 1. The number of aliphatic hydroxyl groups excluding tert-OH is 1. The molecule has 0 aliphatic heterocycles. The number of benzene rings is 2. The predicted octanol–water partition coefficient (Wildman–Crippen LogP) is 3.65. The van der Waals surface area contributed by atoms with E-state index in [-0.39, 0.29) is 18.7 Å². The number of hydrogen-bond acceptors (Lipinski definition) is 3. The van der Waals surface area contributed by atoms with Crippen LogP contribution in [0.3, 0.4) is 0 Å². The maximum atomic E-state index is 12.1. The smallest absolute Gasteiger partial charge is 0.319 e. The molecule has 5 heteroatoms. The van der Waals surface area contributed by atoms with Gasteiger partial charge in [0.15, 0.2) is 0 Å². The number of carbonyl (C=O) groups excluding carboxylic acids is 1. The van der Waals surface area contributed by atoms with Crippen LogP contribution >= 0.6 is 11.8 Å². The van der Waals surface area contributed by atoms with Gasteiger partial charge in [0.1, 0.15) is 0 Å². The lowest BCUT2D eigenvalue weighted by atomic mass is 10.0. The van der Waals surface area contributed by atoms with E-state index in [1.54, 1.807) is 11.8 Å². The number of urea groups is 1. The van der Waals surface area contributed by atoms with Crippen molar-refractivity contribution < 1.29 is 9.90 Å². The highest BCUT2D eigenvalue weighted by molar-refractivity contribution is 7.98. The number of amides is 2. The molecule has 2 aromatic carbocycles. The Balaban J connectivity index is 1.98. The van der Waals surface area contributed by atoms with Gasteiger partial charge >= 0.3 is 6.03 Å². The molecular formula is C17H20N2O2S. The predicted molar refractivity (Wildman–Crippen MR) is 91.3 cm³/mol. The molecule has 0 fully saturated rings. The summed E-state index contributed by atoms with van der Waals surface area (Å²) in [6.07, 6.45) is 2.48. The molecule has 3 N–H and O–H groups in total. The third-order valence-corrected chi connectivity index (χ3v) is 4.02. The van der Waals surface area contributed by atoms with Crippen molar-refractivity contribution in [1.82, 2.24) is 5.32 Å². The molecule has 0 radical (unpaired) electrons. The maximum absolute atomic E-state index is 12.1. The number of carbonyl (C=O) groups is 1. The normalized spacial score (nSPS) is 11.7. The van der Waals surface area contributed by atoms with Crippen LogP contribution in [0, 0.1) is 0 Å². The van der Waals surface area contributed by atoms with Crippen molar-refractivity contribution >= 4 is 23.5 Å². The summed E-state index contributed by atoms with van der Waals surface area (Å²) in [5.74, 6) is 0. The highest BCUT2D eigenvalue weighted by Crippen LogP contribution is 2.19. The summed E-state index contributed by atoms with van der Waals surface area (Å²) in [5.41, 5.74) is 1.72. The third-order valence-electron chi connectivity index (χ3n) is 3.27. The molecule has 116 valence electrons. The number of anilines is 1. The van der Waals surface area contributed by atoms with Gasteiger partial charge in [0, 0.05) is 17.2 Å². The van der Waals surface area contributed by atoms with Gasteiger partial charge in [-0.25, -0.2) is 4.79 Å². The molecule has 0 saturated carbocycles. The molecule has 2 amide bonds. The van der Waals surface area contributed by atoms with Gasteiger partial charge in [-0.1, -0.05) is 30.3 Å². The first-order valence-corrected chi connectivity index (χ1v) is 8.33. The molecule has 0 bridgehead atoms. The number of aliphatic hydroxyl groups is 1. The van der Waals surface area contributed by atoms with Crippen molar-refractivity contribution in [3.8, 4) is 0 Å². The Kier molecular flexibility index (Phi) is 6.30. The van der Waals surface area contributed by atoms with Gasteiger partial charge in [-0.15, -0.1) is 11.8 Å². The Morgan fingerprint density at radius 2 is 1.82 bits per heavy atom. The van der Waals surface area contributed by atoms with E-state index in [4.69, 9.17) is 0 Å². The Morgan fingerprint density at radius 1 is 1.14 bits per heavy atom. The number of hydrogen-bond donors (Lipinski definition) is 3. The zero-order chi connectivity index (χ0) is 15.8.